The van der Waals surface area contributed by atoms with Crippen LogP contribution in [-0.4, -0.2) is 33.2 Å². The van der Waals surface area contributed by atoms with Gasteiger partial charge in [-0.05, 0) is 31.9 Å². The van der Waals surface area contributed by atoms with E-state index in [2.05, 4.69) is 25.8 Å². The molecule has 1 saturated carbocycles. The van der Waals surface area contributed by atoms with Crippen molar-refractivity contribution in [3.8, 4) is 0 Å². The maximum Gasteiger partial charge on any atom is 0.271 e. The van der Waals surface area contributed by atoms with Crippen molar-refractivity contribution < 1.29 is 4.79 Å². The average molecular weight is 376 g/mol. The highest BCUT2D eigenvalue weighted by Gasteiger charge is 2.23. The van der Waals surface area contributed by atoms with Crippen molar-refractivity contribution in [3.05, 3.63) is 34.6 Å². The maximum absolute atomic E-state index is 11.7. The first-order chi connectivity index (χ1) is 12.4. The van der Waals surface area contributed by atoms with Crippen molar-refractivity contribution >= 4 is 34.8 Å². The second kappa shape index (κ2) is 7.84. The number of aryl methyl sites for hydroxylation is 1. The Labute approximate surface area is 156 Å². The molecule has 1 amide bonds. The molecule has 1 fully saturated rings. The van der Waals surface area contributed by atoms with Gasteiger partial charge in [-0.1, -0.05) is 24.4 Å². The molecule has 6 N–H and O–H groups in total. The van der Waals surface area contributed by atoms with Gasteiger partial charge >= 0.3 is 0 Å². The molecule has 0 aromatic carbocycles. The van der Waals surface area contributed by atoms with Gasteiger partial charge in [0.25, 0.3) is 5.91 Å². The van der Waals surface area contributed by atoms with Crippen molar-refractivity contribution in [2.75, 3.05) is 10.6 Å². The van der Waals surface area contributed by atoms with Gasteiger partial charge in [0.15, 0.2) is 11.5 Å². The third-order valence-corrected chi connectivity index (χ3v) is 4.86. The van der Waals surface area contributed by atoms with Crippen molar-refractivity contribution in [3.63, 3.8) is 0 Å². The highest BCUT2D eigenvalue weighted by atomic mass is 35.5. The molecule has 3 rings (SSSR count). The van der Waals surface area contributed by atoms with Crippen LogP contribution in [-0.2, 0) is 0 Å². The van der Waals surface area contributed by atoms with E-state index in [-0.39, 0.29) is 17.8 Å². The van der Waals surface area contributed by atoms with Crippen molar-refractivity contribution in [1.29, 1.82) is 0 Å². The second-order valence-electron chi connectivity index (χ2n) is 6.44. The van der Waals surface area contributed by atoms with Crippen LogP contribution >= 0.6 is 11.6 Å². The fourth-order valence-electron chi connectivity index (χ4n) is 3.02. The fraction of sp³-hybridized carbons (Fsp3) is 0.412. The predicted molar refractivity (Wildman–Crippen MR) is 102 cm³/mol. The molecule has 1 aliphatic rings. The number of aromatic nitrogens is 3. The zero-order chi connectivity index (χ0) is 18.7. The summed E-state index contributed by atoms with van der Waals surface area (Å²) < 4.78 is 0. The van der Waals surface area contributed by atoms with Crippen LogP contribution in [0, 0.1) is 6.92 Å². The molecule has 0 spiro atoms. The largest absolute Gasteiger partial charge is 0.364 e. The van der Waals surface area contributed by atoms with Gasteiger partial charge in [0.1, 0.15) is 5.82 Å². The van der Waals surface area contributed by atoms with Crippen LogP contribution in [0.25, 0.3) is 0 Å². The number of pyridine rings is 1. The number of amides is 1. The number of nitrogens with two attached hydrogens (primary N) is 2. The second-order valence-corrected chi connectivity index (χ2v) is 6.85. The number of rotatable bonds is 5. The Morgan fingerprint density at radius 1 is 1.23 bits per heavy atom. The van der Waals surface area contributed by atoms with E-state index in [0.717, 1.165) is 25.7 Å². The zero-order valence-electron chi connectivity index (χ0n) is 14.5. The molecule has 0 aliphatic heterocycles. The van der Waals surface area contributed by atoms with Gasteiger partial charge in [-0.25, -0.2) is 4.98 Å². The van der Waals surface area contributed by atoms with Crippen LogP contribution in [0.2, 0.25) is 5.02 Å². The highest BCUT2D eigenvalue weighted by Crippen LogP contribution is 2.25. The first-order valence-corrected chi connectivity index (χ1v) is 8.91. The molecule has 0 radical (unpaired) electrons. The topological polar surface area (TPSA) is 132 Å². The summed E-state index contributed by atoms with van der Waals surface area (Å²) in [6.07, 6.45) is 4.21. The van der Waals surface area contributed by atoms with Crippen molar-refractivity contribution in [2.24, 2.45) is 11.5 Å². The number of hydrogen-bond acceptors (Lipinski definition) is 7. The highest BCUT2D eigenvalue weighted by molar-refractivity contribution is 6.31. The number of primary amides is 1. The summed E-state index contributed by atoms with van der Waals surface area (Å²) in [5, 5.41) is 15.0. The lowest BCUT2D eigenvalue weighted by molar-refractivity contribution is 0.0995. The smallest absolute Gasteiger partial charge is 0.271 e. The molecule has 2 aromatic heterocycles. The lowest BCUT2D eigenvalue weighted by Gasteiger charge is -2.29. The molecule has 1 aliphatic carbocycles. The van der Waals surface area contributed by atoms with Gasteiger partial charge in [0.05, 0.1) is 16.4 Å². The minimum Gasteiger partial charge on any atom is -0.364 e. The van der Waals surface area contributed by atoms with E-state index in [0.29, 0.717) is 28.0 Å². The van der Waals surface area contributed by atoms with Gasteiger partial charge in [-0.3, -0.25) is 4.79 Å². The molecule has 26 heavy (non-hydrogen) atoms. The number of carbonyl (C=O) groups is 1. The number of nitrogens with one attached hydrogen (secondary N) is 2. The lowest BCUT2D eigenvalue weighted by Crippen LogP contribution is -2.42. The van der Waals surface area contributed by atoms with Gasteiger partial charge in [-0.2, -0.15) is 0 Å². The Hall–Kier alpha value is -2.45. The number of hydrogen-bond donors (Lipinski definition) is 4. The molecule has 0 bridgehead atoms. The van der Waals surface area contributed by atoms with Crippen LogP contribution < -0.4 is 22.1 Å². The predicted octanol–water partition coefficient (Wildman–Crippen LogP) is 2.36. The van der Waals surface area contributed by atoms with Gasteiger partial charge in [-0.15, -0.1) is 10.2 Å². The number of anilines is 3. The first kappa shape index (κ1) is 18.3. The molecule has 9 heteroatoms. The molecule has 138 valence electrons. The Morgan fingerprint density at radius 2 is 2.00 bits per heavy atom. The van der Waals surface area contributed by atoms with E-state index in [1.54, 1.807) is 25.1 Å². The fourth-order valence-corrected chi connectivity index (χ4v) is 3.13. The van der Waals surface area contributed by atoms with E-state index in [1.807, 2.05) is 0 Å². The monoisotopic (exact) mass is 375 g/mol. The first-order valence-electron chi connectivity index (χ1n) is 8.54. The summed E-state index contributed by atoms with van der Waals surface area (Å²) in [5.41, 5.74) is 12.7. The summed E-state index contributed by atoms with van der Waals surface area (Å²) in [7, 11) is 0. The zero-order valence-corrected chi connectivity index (χ0v) is 15.3. The van der Waals surface area contributed by atoms with E-state index in [1.165, 1.54) is 0 Å². The van der Waals surface area contributed by atoms with Crippen LogP contribution in [0.3, 0.4) is 0 Å². The SMILES string of the molecule is Cc1nc(Nc2cc(N[C@@H]3CCCCC3N)nnc2C(N)=O)ccc1Cl. The Balaban J connectivity index is 1.86. The van der Waals surface area contributed by atoms with Crippen LogP contribution in [0.4, 0.5) is 17.3 Å². The molecule has 2 aromatic rings. The number of carbonyl (C=O) groups excluding carboxylic acids is 1. The normalized spacial score (nSPS) is 19.8. The average Bonchev–Trinajstić information content (AvgIpc) is 2.60. The quantitative estimate of drug-likeness (QED) is 0.630. The third kappa shape index (κ3) is 4.20. The molecule has 1 unspecified atom stereocenters. The Kier molecular flexibility index (Phi) is 5.53. The summed E-state index contributed by atoms with van der Waals surface area (Å²) in [4.78, 5) is 16.0. The van der Waals surface area contributed by atoms with E-state index in [4.69, 9.17) is 23.1 Å². The van der Waals surface area contributed by atoms with Crippen molar-refractivity contribution in [1.82, 2.24) is 15.2 Å². The summed E-state index contributed by atoms with van der Waals surface area (Å²) >= 11 is 6.00. The summed E-state index contributed by atoms with van der Waals surface area (Å²) in [6, 6.07) is 5.33. The summed E-state index contributed by atoms with van der Waals surface area (Å²) in [5.74, 6) is 0.389. The molecular weight excluding hydrogens is 354 g/mol. The number of nitrogens with zero attached hydrogens (tertiary/aromatic N) is 3. The van der Waals surface area contributed by atoms with Crippen LogP contribution in [0.5, 0.6) is 0 Å². The standard InChI is InChI=1S/C17H22ClN7O/c1-9-10(18)6-7-14(21-9)23-13-8-15(24-25-16(13)17(20)26)22-12-5-3-2-4-11(12)19/h6-8,11-12H,2-5,19H2,1H3,(H2,20,26)(H2,21,22,23,24)/t11?,12-/m1/s1. The maximum atomic E-state index is 11.7. The van der Waals surface area contributed by atoms with Crippen LogP contribution in [0.15, 0.2) is 18.2 Å². The van der Waals surface area contributed by atoms with Crippen LogP contribution in [0.1, 0.15) is 41.9 Å². The van der Waals surface area contributed by atoms with E-state index >= 15 is 0 Å². The van der Waals surface area contributed by atoms with Gasteiger partial charge in [0.2, 0.25) is 0 Å². The molecule has 2 heterocycles. The molecule has 2 atom stereocenters. The number of halogens is 1. The lowest BCUT2D eigenvalue weighted by atomic mass is 9.91. The summed E-state index contributed by atoms with van der Waals surface area (Å²) in [6.45, 7) is 1.80. The molecule has 8 nitrogen and oxygen atoms in total. The van der Waals surface area contributed by atoms with Gasteiger partial charge < -0.3 is 22.1 Å². The minimum absolute atomic E-state index is 0.0397. The van der Waals surface area contributed by atoms with Gasteiger partial charge in [0, 0.05) is 18.2 Å². The van der Waals surface area contributed by atoms with E-state index < -0.39 is 5.91 Å². The van der Waals surface area contributed by atoms with E-state index in [9.17, 15) is 4.79 Å². The Bertz CT molecular complexity index is 814. The third-order valence-electron chi connectivity index (χ3n) is 4.46. The Morgan fingerprint density at radius 3 is 2.69 bits per heavy atom. The molecule has 0 saturated heterocycles. The molecular formula is C17H22ClN7O. The minimum atomic E-state index is -0.674. The van der Waals surface area contributed by atoms with Crippen molar-refractivity contribution in [2.45, 2.75) is 44.7 Å².